The highest BCUT2D eigenvalue weighted by molar-refractivity contribution is 9.10. The molecule has 2 rings (SSSR count). The normalized spacial score (nSPS) is 11.4. The first kappa shape index (κ1) is 16.1. The highest BCUT2D eigenvalue weighted by Crippen LogP contribution is 2.27. The monoisotopic (exact) mass is 389 g/mol. The molecule has 0 aliphatic carbocycles. The van der Waals surface area contributed by atoms with E-state index in [9.17, 15) is 13.2 Å². The van der Waals surface area contributed by atoms with Gasteiger partial charge in [-0.1, -0.05) is 17.4 Å². The lowest BCUT2D eigenvalue weighted by Gasteiger charge is -2.04. The Morgan fingerprint density at radius 2 is 2.05 bits per heavy atom. The number of benzene rings is 1. The van der Waals surface area contributed by atoms with Crippen LogP contribution in [0.5, 0.6) is 0 Å². The molecule has 0 spiro atoms. The number of hydrogen-bond acceptors (Lipinski definition) is 5. The summed E-state index contributed by atoms with van der Waals surface area (Å²) in [6.45, 7) is 3.43. The number of anilines is 1. The smallest absolute Gasteiger partial charge is 0.258 e. The molecule has 2 aromatic rings. The van der Waals surface area contributed by atoms with Crippen molar-refractivity contribution >= 4 is 48.3 Å². The number of nitrogens with two attached hydrogens (primary N) is 1. The number of rotatable bonds is 3. The molecule has 112 valence electrons. The molecule has 1 aromatic heterocycles. The molecular formula is C12H12BrN3O3S2. The zero-order chi connectivity index (χ0) is 15.8. The summed E-state index contributed by atoms with van der Waals surface area (Å²) in [4.78, 5) is 16.2. The van der Waals surface area contributed by atoms with Crippen LogP contribution < -0.4 is 10.5 Å². The minimum absolute atomic E-state index is 0.0548. The van der Waals surface area contributed by atoms with Crippen molar-refractivity contribution in [2.24, 2.45) is 5.14 Å². The van der Waals surface area contributed by atoms with Gasteiger partial charge in [0.05, 0.1) is 11.3 Å². The highest BCUT2D eigenvalue weighted by Gasteiger charge is 2.19. The van der Waals surface area contributed by atoms with Crippen LogP contribution in [-0.4, -0.2) is 19.3 Å². The van der Waals surface area contributed by atoms with Crippen LogP contribution in [0.2, 0.25) is 0 Å². The van der Waals surface area contributed by atoms with Crippen LogP contribution in [-0.2, 0) is 10.0 Å². The SMILES string of the molecule is Cc1ccc(C(=O)Nc2nc(C)c(S(N)(=O)=O)s2)c(Br)c1. The van der Waals surface area contributed by atoms with Gasteiger partial charge in [-0.05, 0) is 47.5 Å². The number of carbonyl (C=O) groups is 1. The van der Waals surface area contributed by atoms with Crippen molar-refractivity contribution in [1.82, 2.24) is 4.98 Å². The fourth-order valence-electron chi connectivity index (χ4n) is 1.67. The second-order valence-electron chi connectivity index (χ2n) is 4.37. The minimum Gasteiger partial charge on any atom is -0.298 e. The van der Waals surface area contributed by atoms with Gasteiger partial charge in [0.25, 0.3) is 5.91 Å². The Bertz CT molecular complexity index is 815. The Morgan fingerprint density at radius 1 is 1.38 bits per heavy atom. The first-order chi connectivity index (χ1) is 9.68. The molecule has 0 fully saturated rings. The molecule has 0 atom stereocenters. The largest absolute Gasteiger partial charge is 0.298 e. The van der Waals surface area contributed by atoms with Gasteiger partial charge in [0.2, 0.25) is 10.0 Å². The summed E-state index contributed by atoms with van der Waals surface area (Å²) in [5, 5.41) is 7.84. The number of nitrogens with one attached hydrogen (secondary N) is 1. The van der Waals surface area contributed by atoms with Crippen LogP contribution in [0.1, 0.15) is 21.6 Å². The maximum absolute atomic E-state index is 12.2. The lowest BCUT2D eigenvalue weighted by Crippen LogP contribution is -2.12. The van der Waals surface area contributed by atoms with E-state index in [0.29, 0.717) is 10.0 Å². The Balaban J connectivity index is 2.28. The van der Waals surface area contributed by atoms with E-state index in [2.05, 4.69) is 26.2 Å². The molecule has 0 aliphatic heterocycles. The topological polar surface area (TPSA) is 102 Å². The van der Waals surface area contributed by atoms with Gasteiger partial charge >= 0.3 is 0 Å². The van der Waals surface area contributed by atoms with E-state index in [-0.39, 0.29) is 20.9 Å². The summed E-state index contributed by atoms with van der Waals surface area (Å²) in [6, 6.07) is 5.30. The third-order valence-electron chi connectivity index (χ3n) is 2.60. The predicted molar refractivity (Wildman–Crippen MR) is 85.1 cm³/mol. The number of nitrogens with zero attached hydrogens (tertiary/aromatic N) is 1. The third-order valence-corrected chi connectivity index (χ3v) is 5.88. The fraction of sp³-hybridized carbons (Fsp3) is 0.167. The molecule has 0 unspecified atom stereocenters. The van der Waals surface area contributed by atoms with Gasteiger partial charge < -0.3 is 0 Å². The first-order valence-electron chi connectivity index (χ1n) is 5.76. The zero-order valence-corrected chi connectivity index (χ0v) is 14.4. The minimum atomic E-state index is -3.83. The standard InChI is InChI=1S/C12H12BrN3O3S2/c1-6-3-4-8(9(13)5-6)10(17)16-12-15-7(2)11(20-12)21(14,18)19/h3-5H,1-2H3,(H2,14,18,19)(H,15,16,17). The molecule has 0 radical (unpaired) electrons. The van der Waals surface area contributed by atoms with Crippen molar-refractivity contribution in [2.75, 3.05) is 5.32 Å². The van der Waals surface area contributed by atoms with Crippen molar-refractivity contribution in [2.45, 2.75) is 18.1 Å². The second kappa shape index (κ2) is 5.84. The molecular weight excluding hydrogens is 378 g/mol. The van der Waals surface area contributed by atoms with E-state index in [1.807, 2.05) is 19.1 Å². The van der Waals surface area contributed by atoms with Gasteiger partial charge in [0.1, 0.15) is 0 Å². The fourth-order valence-corrected chi connectivity index (χ4v) is 4.20. The number of amides is 1. The molecule has 0 saturated carbocycles. The molecule has 3 N–H and O–H groups in total. The van der Waals surface area contributed by atoms with Crippen LogP contribution in [0.4, 0.5) is 5.13 Å². The maximum atomic E-state index is 12.2. The van der Waals surface area contributed by atoms with E-state index < -0.39 is 10.0 Å². The first-order valence-corrected chi connectivity index (χ1v) is 8.92. The molecule has 1 amide bonds. The average molecular weight is 390 g/mol. The van der Waals surface area contributed by atoms with Crippen LogP contribution in [0.25, 0.3) is 0 Å². The summed E-state index contributed by atoms with van der Waals surface area (Å²) in [6.07, 6.45) is 0. The lowest BCUT2D eigenvalue weighted by atomic mass is 10.1. The second-order valence-corrected chi connectivity index (χ2v) is 7.98. The summed E-state index contributed by atoms with van der Waals surface area (Å²) < 4.78 is 23.3. The molecule has 1 heterocycles. The van der Waals surface area contributed by atoms with Crippen LogP contribution in [0.15, 0.2) is 26.9 Å². The van der Waals surface area contributed by atoms with Gasteiger partial charge in [-0.15, -0.1) is 0 Å². The number of hydrogen-bond donors (Lipinski definition) is 2. The number of primary sulfonamides is 1. The molecule has 21 heavy (non-hydrogen) atoms. The van der Waals surface area contributed by atoms with Crippen molar-refractivity contribution < 1.29 is 13.2 Å². The molecule has 0 aliphatic rings. The maximum Gasteiger partial charge on any atom is 0.258 e. The van der Waals surface area contributed by atoms with Crippen molar-refractivity contribution in [3.05, 3.63) is 39.5 Å². The van der Waals surface area contributed by atoms with E-state index >= 15 is 0 Å². The zero-order valence-electron chi connectivity index (χ0n) is 11.2. The van der Waals surface area contributed by atoms with E-state index in [0.717, 1.165) is 16.9 Å². The molecule has 9 heteroatoms. The third kappa shape index (κ3) is 3.67. The molecule has 0 bridgehead atoms. The Morgan fingerprint density at radius 3 is 2.57 bits per heavy atom. The van der Waals surface area contributed by atoms with Crippen molar-refractivity contribution in [3.8, 4) is 0 Å². The van der Waals surface area contributed by atoms with Gasteiger partial charge in [-0.2, -0.15) is 0 Å². The number of aryl methyl sites for hydroxylation is 2. The molecule has 0 saturated heterocycles. The Labute approximate surface area is 134 Å². The molecule has 6 nitrogen and oxygen atoms in total. The summed E-state index contributed by atoms with van der Waals surface area (Å²) >= 11 is 4.15. The average Bonchev–Trinajstić information content (AvgIpc) is 2.69. The van der Waals surface area contributed by atoms with Gasteiger partial charge in [-0.25, -0.2) is 18.5 Å². The highest BCUT2D eigenvalue weighted by atomic mass is 79.9. The van der Waals surface area contributed by atoms with E-state index in [1.54, 1.807) is 6.07 Å². The number of thiazole rings is 1. The number of aromatic nitrogens is 1. The van der Waals surface area contributed by atoms with Crippen molar-refractivity contribution in [1.29, 1.82) is 0 Å². The predicted octanol–water partition coefficient (Wildman–Crippen LogP) is 2.42. The number of carbonyl (C=O) groups excluding carboxylic acids is 1. The molecule has 1 aromatic carbocycles. The van der Waals surface area contributed by atoms with Gasteiger partial charge in [0, 0.05) is 4.47 Å². The van der Waals surface area contributed by atoms with E-state index in [1.165, 1.54) is 6.92 Å². The van der Waals surface area contributed by atoms with Gasteiger partial charge in [-0.3, -0.25) is 10.1 Å². The van der Waals surface area contributed by atoms with Gasteiger partial charge in [0.15, 0.2) is 9.34 Å². The number of sulfonamides is 1. The summed E-state index contributed by atoms with van der Waals surface area (Å²) in [7, 11) is -3.83. The van der Waals surface area contributed by atoms with E-state index in [4.69, 9.17) is 5.14 Å². The quantitative estimate of drug-likeness (QED) is 0.840. The summed E-state index contributed by atoms with van der Waals surface area (Å²) in [5.41, 5.74) is 1.71. The van der Waals surface area contributed by atoms with Crippen molar-refractivity contribution in [3.63, 3.8) is 0 Å². The number of halogens is 1. The van der Waals surface area contributed by atoms with Crippen LogP contribution >= 0.6 is 27.3 Å². The van der Waals surface area contributed by atoms with Crippen LogP contribution in [0, 0.1) is 13.8 Å². The van der Waals surface area contributed by atoms with Crippen LogP contribution in [0.3, 0.4) is 0 Å². The lowest BCUT2D eigenvalue weighted by molar-refractivity contribution is 0.102. The Kier molecular flexibility index (Phi) is 4.47. The Hall–Kier alpha value is -1.29. The summed E-state index contributed by atoms with van der Waals surface area (Å²) in [5.74, 6) is -0.378.